The number of sulfonamides is 1. The number of anilines is 2. The highest BCUT2D eigenvalue weighted by molar-refractivity contribution is 7.92. The number of rotatable bonds is 8. The molecule has 0 saturated carbocycles. The van der Waals surface area contributed by atoms with Gasteiger partial charge in [0, 0.05) is 23.7 Å². The number of benzene rings is 2. The molecule has 0 atom stereocenters. The molecule has 1 amide bonds. The van der Waals surface area contributed by atoms with Gasteiger partial charge in [-0.3, -0.25) is 9.10 Å². The van der Waals surface area contributed by atoms with Gasteiger partial charge >= 0.3 is 0 Å². The number of aryl methyl sites for hydroxylation is 2. The van der Waals surface area contributed by atoms with Gasteiger partial charge in [-0.1, -0.05) is 36.7 Å². The Morgan fingerprint density at radius 1 is 1.15 bits per heavy atom. The van der Waals surface area contributed by atoms with E-state index in [2.05, 4.69) is 12.2 Å². The molecule has 1 N–H and O–H groups in total. The number of carbonyl (C=O) groups excluding carboxylic acids is 1. The zero-order valence-corrected chi connectivity index (χ0v) is 17.4. The van der Waals surface area contributed by atoms with Crippen LogP contribution >= 0.6 is 11.6 Å². The Balaban J connectivity index is 1.99. The van der Waals surface area contributed by atoms with Crippen molar-refractivity contribution in [3.63, 3.8) is 0 Å². The van der Waals surface area contributed by atoms with E-state index in [4.69, 9.17) is 11.6 Å². The van der Waals surface area contributed by atoms with Crippen molar-refractivity contribution >= 4 is 38.9 Å². The number of carbonyl (C=O) groups is 1. The van der Waals surface area contributed by atoms with Crippen molar-refractivity contribution in [2.24, 2.45) is 0 Å². The van der Waals surface area contributed by atoms with Crippen LogP contribution in [0, 0.1) is 6.92 Å². The van der Waals surface area contributed by atoms with Crippen molar-refractivity contribution in [2.45, 2.75) is 33.1 Å². The highest BCUT2D eigenvalue weighted by Gasteiger charge is 2.19. The second-order valence-electron chi connectivity index (χ2n) is 6.47. The lowest BCUT2D eigenvalue weighted by Gasteiger charge is -2.24. The zero-order chi connectivity index (χ0) is 20.0. The van der Waals surface area contributed by atoms with Crippen LogP contribution in [0.4, 0.5) is 11.4 Å². The molecule has 0 aliphatic rings. The van der Waals surface area contributed by atoms with Crippen LogP contribution < -0.4 is 9.62 Å². The Labute approximate surface area is 166 Å². The maximum Gasteiger partial charge on any atom is 0.232 e. The predicted molar refractivity (Wildman–Crippen MR) is 112 cm³/mol. The van der Waals surface area contributed by atoms with Gasteiger partial charge in [0.2, 0.25) is 15.9 Å². The molecule has 7 heteroatoms. The van der Waals surface area contributed by atoms with Gasteiger partial charge in [-0.05, 0) is 55.2 Å². The van der Waals surface area contributed by atoms with Crippen LogP contribution in [0.25, 0.3) is 0 Å². The molecule has 0 heterocycles. The van der Waals surface area contributed by atoms with Crippen LogP contribution in [0.1, 0.15) is 30.9 Å². The van der Waals surface area contributed by atoms with Crippen molar-refractivity contribution in [3.05, 3.63) is 58.6 Å². The van der Waals surface area contributed by atoms with E-state index in [1.54, 1.807) is 18.2 Å². The second-order valence-corrected chi connectivity index (χ2v) is 8.81. The Bertz CT molecular complexity index is 896. The van der Waals surface area contributed by atoms with Gasteiger partial charge in [0.1, 0.15) is 0 Å². The SMILES string of the molecule is CCc1ccc(NC(=O)CCCN(c2cc(Cl)ccc2C)S(C)(=O)=O)cc1. The summed E-state index contributed by atoms with van der Waals surface area (Å²) in [5.74, 6) is -0.143. The summed E-state index contributed by atoms with van der Waals surface area (Å²) in [6, 6.07) is 12.8. The normalized spacial score (nSPS) is 11.3. The third kappa shape index (κ3) is 6.26. The Kier molecular flexibility index (Phi) is 7.27. The zero-order valence-electron chi connectivity index (χ0n) is 15.8. The lowest BCUT2D eigenvalue weighted by atomic mass is 10.1. The molecule has 2 rings (SSSR count). The largest absolute Gasteiger partial charge is 0.326 e. The van der Waals surface area contributed by atoms with Crippen molar-refractivity contribution in [1.29, 1.82) is 0 Å². The maximum absolute atomic E-state index is 12.2. The monoisotopic (exact) mass is 408 g/mol. The Morgan fingerprint density at radius 2 is 1.81 bits per heavy atom. The number of hydrogen-bond acceptors (Lipinski definition) is 3. The number of nitrogens with zero attached hydrogens (tertiary/aromatic N) is 1. The summed E-state index contributed by atoms with van der Waals surface area (Å²) in [4.78, 5) is 12.2. The van der Waals surface area contributed by atoms with Crippen LogP contribution in [-0.4, -0.2) is 27.1 Å². The molecule has 146 valence electrons. The molecular weight excluding hydrogens is 384 g/mol. The number of halogens is 1. The fourth-order valence-electron chi connectivity index (χ4n) is 2.75. The van der Waals surface area contributed by atoms with Gasteiger partial charge in [-0.2, -0.15) is 0 Å². The van der Waals surface area contributed by atoms with E-state index in [9.17, 15) is 13.2 Å². The summed E-state index contributed by atoms with van der Waals surface area (Å²) in [6.07, 6.45) is 2.72. The minimum atomic E-state index is -3.48. The predicted octanol–water partition coefficient (Wildman–Crippen LogP) is 4.40. The van der Waals surface area contributed by atoms with E-state index >= 15 is 0 Å². The maximum atomic E-state index is 12.2. The average molecular weight is 409 g/mol. The lowest BCUT2D eigenvalue weighted by Crippen LogP contribution is -2.32. The smallest absolute Gasteiger partial charge is 0.232 e. The first-order chi connectivity index (χ1) is 12.7. The van der Waals surface area contributed by atoms with Crippen molar-refractivity contribution in [3.8, 4) is 0 Å². The highest BCUT2D eigenvalue weighted by atomic mass is 35.5. The molecule has 0 radical (unpaired) electrons. The van der Waals surface area contributed by atoms with Gasteiger partial charge < -0.3 is 5.32 Å². The summed E-state index contributed by atoms with van der Waals surface area (Å²) in [5, 5.41) is 3.31. The Morgan fingerprint density at radius 3 is 2.41 bits per heavy atom. The molecule has 27 heavy (non-hydrogen) atoms. The van der Waals surface area contributed by atoms with Crippen LogP contribution in [0.2, 0.25) is 5.02 Å². The third-order valence-electron chi connectivity index (χ3n) is 4.25. The number of nitrogens with one attached hydrogen (secondary N) is 1. The molecule has 0 fully saturated rings. The van der Waals surface area contributed by atoms with E-state index in [1.807, 2.05) is 31.2 Å². The standard InChI is InChI=1S/C20H25ClN2O3S/c1-4-16-8-11-18(12-9-16)22-20(24)6-5-13-23(27(3,25)26)19-14-17(21)10-7-15(19)2/h7-12,14H,4-6,13H2,1-3H3,(H,22,24). The summed E-state index contributed by atoms with van der Waals surface area (Å²) >= 11 is 6.02. The van der Waals surface area contributed by atoms with Gasteiger partial charge in [-0.25, -0.2) is 8.42 Å². The van der Waals surface area contributed by atoms with E-state index in [1.165, 1.54) is 9.87 Å². The minimum Gasteiger partial charge on any atom is -0.326 e. The number of amides is 1. The summed E-state index contributed by atoms with van der Waals surface area (Å²) < 4.78 is 25.7. The Hall–Kier alpha value is -2.05. The lowest BCUT2D eigenvalue weighted by molar-refractivity contribution is -0.116. The molecule has 0 saturated heterocycles. The molecule has 0 aliphatic carbocycles. The van der Waals surface area contributed by atoms with Crippen molar-refractivity contribution < 1.29 is 13.2 Å². The quantitative estimate of drug-likeness (QED) is 0.704. The van der Waals surface area contributed by atoms with Gasteiger partial charge in [0.15, 0.2) is 0 Å². The van der Waals surface area contributed by atoms with Gasteiger partial charge in [0.05, 0.1) is 11.9 Å². The molecule has 0 spiro atoms. The molecular formula is C20H25ClN2O3S. The fourth-order valence-corrected chi connectivity index (χ4v) is 3.93. The molecule has 0 aromatic heterocycles. The average Bonchev–Trinajstić information content (AvgIpc) is 2.61. The third-order valence-corrected chi connectivity index (χ3v) is 5.67. The fraction of sp³-hybridized carbons (Fsp3) is 0.350. The molecule has 5 nitrogen and oxygen atoms in total. The highest BCUT2D eigenvalue weighted by Crippen LogP contribution is 2.26. The van der Waals surface area contributed by atoms with E-state index < -0.39 is 10.0 Å². The van der Waals surface area contributed by atoms with Gasteiger partial charge in [-0.15, -0.1) is 0 Å². The summed E-state index contributed by atoms with van der Waals surface area (Å²) in [5.41, 5.74) is 3.29. The van der Waals surface area contributed by atoms with Crippen molar-refractivity contribution in [2.75, 3.05) is 22.4 Å². The summed E-state index contributed by atoms with van der Waals surface area (Å²) in [6.45, 7) is 4.11. The van der Waals surface area contributed by atoms with Crippen LogP contribution in [0.5, 0.6) is 0 Å². The van der Waals surface area contributed by atoms with E-state index in [0.717, 1.165) is 23.9 Å². The molecule has 0 aliphatic heterocycles. The van der Waals surface area contributed by atoms with Crippen LogP contribution in [0.3, 0.4) is 0 Å². The molecule has 2 aromatic rings. The first kappa shape index (κ1) is 21.3. The number of hydrogen-bond donors (Lipinski definition) is 1. The minimum absolute atomic E-state index is 0.143. The van der Waals surface area contributed by atoms with Crippen molar-refractivity contribution in [1.82, 2.24) is 0 Å². The van der Waals surface area contributed by atoms with E-state index in [-0.39, 0.29) is 18.9 Å². The molecule has 0 bridgehead atoms. The topological polar surface area (TPSA) is 66.5 Å². The summed E-state index contributed by atoms with van der Waals surface area (Å²) in [7, 11) is -3.48. The molecule has 0 unspecified atom stereocenters. The van der Waals surface area contributed by atoms with E-state index in [0.29, 0.717) is 17.1 Å². The molecule has 2 aromatic carbocycles. The van der Waals surface area contributed by atoms with Crippen LogP contribution in [0.15, 0.2) is 42.5 Å². The van der Waals surface area contributed by atoms with Gasteiger partial charge in [0.25, 0.3) is 0 Å². The second kappa shape index (κ2) is 9.24. The van der Waals surface area contributed by atoms with Crippen LogP contribution in [-0.2, 0) is 21.2 Å². The first-order valence-electron chi connectivity index (χ1n) is 8.83. The first-order valence-corrected chi connectivity index (χ1v) is 11.1.